The normalized spacial score (nSPS) is 16.0. The smallest absolute Gasteiger partial charge is 0.255 e. The SMILES string of the molecule is COc1ccc2ccccc2c1C1NC(=S)NC(C)=C1C(=O)Nc1cc(Cl)ccc1C. The predicted octanol–water partition coefficient (Wildman–Crippen LogP) is 5.24. The number of amides is 1. The van der Waals surface area contributed by atoms with Crippen LogP contribution in [0.25, 0.3) is 10.8 Å². The van der Waals surface area contributed by atoms with Crippen LogP contribution in [0.2, 0.25) is 5.02 Å². The van der Waals surface area contributed by atoms with Crippen LogP contribution in [0.15, 0.2) is 65.9 Å². The van der Waals surface area contributed by atoms with Crippen molar-refractivity contribution in [3.63, 3.8) is 0 Å². The molecule has 1 heterocycles. The highest BCUT2D eigenvalue weighted by atomic mass is 35.5. The Bertz CT molecular complexity index is 1240. The summed E-state index contributed by atoms with van der Waals surface area (Å²) in [6.45, 7) is 3.77. The molecule has 1 aliphatic rings. The number of hydrogen-bond donors (Lipinski definition) is 3. The van der Waals surface area contributed by atoms with Crippen molar-refractivity contribution in [1.29, 1.82) is 0 Å². The van der Waals surface area contributed by atoms with E-state index in [0.29, 0.717) is 32.8 Å². The second kappa shape index (κ2) is 8.57. The molecular weight excluding hydrogens is 430 g/mol. The molecule has 4 rings (SSSR count). The summed E-state index contributed by atoms with van der Waals surface area (Å²) in [5.74, 6) is 0.434. The lowest BCUT2D eigenvalue weighted by molar-refractivity contribution is -0.113. The van der Waals surface area contributed by atoms with E-state index in [1.165, 1.54) is 0 Å². The van der Waals surface area contributed by atoms with Crippen molar-refractivity contribution in [3.05, 3.63) is 82.0 Å². The summed E-state index contributed by atoms with van der Waals surface area (Å²) in [5, 5.41) is 12.4. The minimum Gasteiger partial charge on any atom is -0.496 e. The van der Waals surface area contributed by atoms with Crippen LogP contribution in [0.5, 0.6) is 5.75 Å². The average molecular weight is 452 g/mol. The van der Waals surface area contributed by atoms with Crippen molar-refractivity contribution in [2.75, 3.05) is 12.4 Å². The number of anilines is 1. The Kier molecular flexibility index (Phi) is 5.85. The van der Waals surface area contributed by atoms with Gasteiger partial charge in [-0.2, -0.15) is 0 Å². The number of fused-ring (bicyclic) bond motifs is 1. The van der Waals surface area contributed by atoms with E-state index in [9.17, 15) is 4.79 Å². The quantitative estimate of drug-likeness (QED) is 0.473. The summed E-state index contributed by atoms with van der Waals surface area (Å²) in [5.41, 5.74) is 3.65. The van der Waals surface area contributed by atoms with Gasteiger partial charge >= 0.3 is 0 Å². The fourth-order valence-electron chi connectivity index (χ4n) is 3.88. The molecule has 3 aromatic carbocycles. The van der Waals surface area contributed by atoms with Crippen LogP contribution in [0.3, 0.4) is 0 Å². The molecule has 0 bridgehead atoms. The number of methoxy groups -OCH3 is 1. The van der Waals surface area contributed by atoms with Gasteiger partial charge in [-0.15, -0.1) is 0 Å². The molecule has 0 aromatic heterocycles. The molecule has 0 spiro atoms. The number of allylic oxidation sites excluding steroid dienone is 1. The number of aryl methyl sites for hydroxylation is 1. The number of ether oxygens (including phenoxy) is 1. The molecule has 0 radical (unpaired) electrons. The number of rotatable bonds is 4. The summed E-state index contributed by atoms with van der Waals surface area (Å²) in [4.78, 5) is 13.5. The lowest BCUT2D eigenvalue weighted by Gasteiger charge is -2.32. The maximum atomic E-state index is 13.5. The molecule has 158 valence electrons. The molecule has 5 nitrogen and oxygen atoms in total. The van der Waals surface area contributed by atoms with Crippen LogP contribution in [0.4, 0.5) is 5.69 Å². The fraction of sp³-hybridized carbons (Fsp3) is 0.167. The van der Waals surface area contributed by atoms with Crippen molar-refractivity contribution >= 4 is 51.3 Å². The number of nitrogens with one attached hydrogen (secondary N) is 3. The third kappa shape index (κ3) is 4.09. The second-order valence-corrected chi connectivity index (χ2v) is 8.23. The van der Waals surface area contributed by atoms with Gasteiger partial charge in [-0.05, 0) is 60.6 Å². The minimum absolute atomic E-state index is 0.245. The van der Waals surface area contributed by atoms with Crippen molar-refractivity contribution < 1.29 is 9.53 Å². The fourth-order valence-corrected chi connectivity index (χ4v) is 4.32. The van der Waals surface area contributed by atoms with Crippen LogP contribution in [0.1, 0.15) is 24.1 Å². The van der Waals surface area contributed by atoms with Crippen molar-refractivity contribution in [1.82, 2.24) is 10.6 Å². The molecule has 1 amide bonds. The zero-order chi connectivity index (χ0) is 22.1. The summed E-state index contributed by atoms with van der Waals surface area (Å²) < 4.78 is 5.68. The van der Waals surface area contributed by atoms with Gasteiger partial charge in [0.25, 0.3) is 5.91 Å². The zero-order valence-corrected chi connectivity index (χ0v) is 18.9. The molecule has 0 saturated carbocycles. The van der Waals surface area contributed by atoms with Gasteiger partial charge in [-0.3, -0.25) is 4.79 Å². The van der Waals surface area contributed by atoms with Crippen LogP contribution in [-0.4, -0.2) is 18.1 Å². The molecular formula is C24H22ClN3O2S. The summed E-state index contributed by atoms with van der Waals surface area (Å²) in [7, 11) is 1.62. The Morgan fingerprint density at radius 2 is 1.90 bits per heavy atom. The van der Waals surface area contributed by atoms with Crippen LogP contribution in [0, 0.1) is 6.92 Å². The van der Waals surface area contributed by atoms with E-state index in [1.807, 2.05) is 56.3 Å². The summed E-state index contributed by atoms with van der Waals surface area (Å²) >= 11 is 11.6. The molecule has 3 N–H and O–H groups in total. The maximum Gasteiger partial charge on any atom is 0.255 e. The van der Waals surface area contributed by atoms with Gasteiger partial charge in [-0.25, -0.2) is 0 Å². The number of hydrogen-bond acceptors (Lipinski definition) is 3. The Morgan fingerprint density at radius 3 is 2.68 bits per heavy atom. The third-order valence-electron chi connectivity index (χ3n) is 5.40. The molecule has 3 aromatic rings. The van der Waals surface area contributed by atoms with E-state index >= 15 is 0 Å². The Labute approximate surface area is 191 Å². The van der Waals surface area contributed by atoms with E-state index in [-0.39, 0.29) is 5.91 Å². The predicted molar refractivity (Wildman–Crippen MR) is 130 cm³/mol. The molecule has 1 atom stereocenters. The van der Waals surface area contributed by atoms with Gasteiger partial charge in [0.05, 0.1) is 18.7 Å². The minimum atomic E-state index is -0.491. The Morgan fingerprint density at radius 1 is 1.13 bits per heavy atom. The largest absolute Gasteiger partial charge is 0.496 e. The molecule has 1 unspecified atom stereocenters. The van der Waals surface area contributed by atoms with Gasteiger partial charge < -0.3 is 20.7 Å². The van der Waals surface area contributed by atoms with E-state index in [0.717, 1.165) is 21.9 Å². The molecule has 31 heavy (non-hydrogen) atoms. The van der Waals surface area contributed by atoms with E-state index in [4.69, 9.17) is 28.6 Å². The number of carbonyl (C=O) groups is 1. The van der Waals surface area contributed by atoms with Gasteiger partial charge in [0, 0.05) is 22.0 Å². The first-order chi connectivity index (χ1) is 14.9. The molecule has 0 fully saturated rings. The van der Waals surface area contributed by atoms with Crippen LogP contribution in [-0.2, 0) is 4.79 Å². The lowest BCUT2D eigenvalue weighted by Crippen LogP contribution is -2.46. The van der Waals surface area contributed by atoms with Crippen LogP contribution >= 0.6 is 23.8 Å². The lowest BCUT2D eigenvalue weighted by atomic mass is 9.90. The third-order valence-corrected chi connectivity index (χ3v) is 5.86. The van der Waals surface area contributed by atoms with Crippen molar-refractivity contribution in [3.8, 4) is 5.75 Å². The molecule has 0 saturated heterocycles. The summed E-state index contributed by atoms with van der Waals surface area (Å²) in [6, 6.07) is 16.8. The van der Waals surface area contributed by atoms with Gasteiger partial charge in [-0.1, -0.05) is 48.0 Å². The van der Waals surface area contributed by atoms with E-state index in [1.54, 1.807) is 19.2 Å². The first kappa shape index (κ1) is 21.2. The van der Waals surface area contributed by atoms with Gasteiger partial charge in [0.15, 0.2) is 5.11 Å². The number of benzene rings is 3. The number of carbonyl (C=O) groups excluding carboxylic acids is 1. The first-order valence-corrected chi connectivity index (χ1v) is 10.6. The number of thiocarbonyl (C=S) groups is 1. The molecule has 7 heteroatoms. The molecule has 0 aliphatic carbocycles. The number of halogens is 1. The van der Waals surface area contributed by atoms with E-state index in [2.05, 4.69) is 16.0 Å². The highest BCUT2D eigenvalue weighted by Gasteiger charge is 2.33. The second-order valence-electron chi connectivity index (χ2n) is 7.39. The topological polar surface area (TPSA) is 62.4 Å². The van der Waals surface area contributed by atoms with Gasteiger partial charge in [0.2, 0.25) is 0 Å². The van der Waals surface area contributed by atoms with Crippen molar-refractivity contribution in [2.45, 2.75) is 19.9 Å². The highest BCUT2D eigenvalue weighted by molar-refractivity contribution is 7.80. The van der Waals surface area contributed by atoms with E-state index < -0.39 is 6.04 Å². The summed E-state index contributed by atoms with van der Waals surface area (Å²) in [6.07, 6.45) is 0. The maximum absolute atomic E-state index is 13.5. The Balaban J connectivity index is 1.85. The Hall–Kier alpha value is -3.09. The monoisotopic (exact) mass is 451 g/mol. The van der Waals surface area contributed by atoms with Crippen molar-refractivity contribution in [2.24, 2.45) is 0 Å². The highest BCUT2D eigenvalue weighted by Crippen LogP contribution is 2.38. The zero-order valence-electron chi connectivity index (χ0n) is 17.4. The average Bonchev–Trinajstić information content (AvgIpc) is 2.74. The first-order valence-electron chi connectivity index (χ1n) is 9.80. The standard InChI is InChI=1S/C24H22ClN3O2S/c1-13-8-10-16(25)12-18(13)27-23(29)20-14(2)26-24(31)28-22(20)21-17-7-5-4-6-15(17)9-11-19(21)30-3/h4-12,22H,1-3H3,(H,27,29)(H2,26,28,31). The van der Waals surface area contributed by atoms with Crippen LogP contribution < -0.4 is 20.7 Å². The molecule has 1 aliphatic heterocycles. The van der Waals surface area contributed by atoms with Gasteiger partial charge in [0.1, 0.15) is 5.75 Å².